The van der Waals surface area contributed by atoms with Crippen molar-refractivity contribution in [3.05, 3.63) is 35.9 Å². The molecule has 0 fully saturated rings. The predicted octanol–water partition coefficient (Wildman–Crippen LogP) is 0.688. The second-order valence-electron chi connectivity index (χ2n) is 3.55. The predicted molar refractivity (Wildman–Crippen MR) is 59.0 cm³/mol. The molecule has 90 valence electrons. The van der Waals surface area contributed by atoms with Crippen LogP contribution in [0.5, 0.6) is 0 Å². The molecule has 2 N–H and O–H groups in total. The van der Waals surface area contributed by atoms with Gasteiger partial charge < -0.3 is 10.3 Å². The first-order valence-corrected chi connectivity index (χ1v) is 5.13. The second kappa shape index (κ2) is 4.24. The minimum Gasteiger partial charge on any atom is -0.379 e. The van der Waals surface area contributed by atoms with Gasteiger partial charge in [-0.05, 0) is 28.0 Å². The standard InChI is InChI=1S/C10H8N6O2/c11-9-8(15-18-16-9)10-13-7(14-17-10)5-6-1-3-12-4-2-6/h1-4H,5H2,(H2,11,16). The van der Waals surface area contributed by atoms with Gasteiger partial charge >= 0.3 is 0 Å². The van der Waals surface area contributed by atoms with E-state index >= 15 is 0 Å². The number of rotatable bonds is 3. The lowest BCUT2D eigenvalue weighted by Crippen LogP contribution is -1.92. The van der Waals surface area contributed by atoms with Crippen molar-refractivity contribution in [3.63, 3.8) is 0 Å². The van der Waals surface area contributed by atoms with Gasteiger partial charge in [0.1, 0.15) is 0 Å². The topological polar surface area (TPSA) is 117 Å². The maximum atomic E-state index is 5.53. The molecule has 8 heteroatoms. The first-order chi connectivity index (χ1) is 8.83. The van der Waals surface area contributed by atoms with E-state index in [-0.39, 0.29) is 17.4 Å². The molecule has 3 heterocycles. The number of hydrogen-bond acceptors (Lipinski definition) is 8. The molecule has 0 aromatic carbocycles. The molecule has 0 aliphatic carbocycles. The normalized spacial score (nSPS) is 10.7. The Morgan fingerprint density at radius 1 is 1.11 bits per heavy atom. The van der Waals surface area contributed by atoms with Crippen LogP contribution >= 0.6 is 0 Å². The molecule has 3 aromatic rings. The number of nitrogens with two attached hydrogens (primary N) is 1. The fraction of sp³-hybridized carbons (Fsp3) is 0.100. The summed E-state index contributed by atoms with van der Waals surface area (Å²) >= 11 is 0. The summed E-state index contributed by atoms with van der Waals surface area (Å²) in [6, 6.07) is 3.75. The summed E-state index contributed by atoms with van der Waals surface area (Å²) in [6.45, 7) is 0. The molecule has 0 bridgehead atoms. The van der Waals surface area contributed by atoms with Gasteiger partial charge in [0.25, 0.3) is 5.89 Å². The Balaban J connectivity index is 1.84. The van der Waals surface area contributed by atoms with E-state index in [4.69, 9.17) is 10.3 Å². The molecule has 0 saturated heterocycles. The molecule has 18 heavy (non-hydrogen) atoms. The summed E-state index contributed by atoms with van der Waals surface area (Å²) in [7, 11) is 0. The molecule has 0 atom stereocenters. The van der Waals surface area contributed by atoms with Crippen molar-refractivity contribution in [1.82, 2.24) is 25.4 Å². The Labute approximate surface area is 101 Å². The SMILES string of the molecule is Nc1nonc1-c1nc(Cc2ccncc2)no1. The lowest BCUT2D eigenvalue weighted by Gasteiger charge is -1.93. The van der Waals surface area contributed by atoms with E-state index in [1.807, 2.05) is 12.1 Å². The van der Waals surface area contributed by atoms with Gasteiger partial charge in [0, 0.05) is 18.8 Å². The third-order valence-electron chi connectivity index (χ3n) is 2.30. The van der Waals surface area contributed by atoms with Crippen LogP contribution in [0.3, 0.4) is 0 Å². The lowest BCUT2D eigenvalue weighted by molar-refractivity contribution is 0.308. The Bertz CT molecular complexity index is 647. The van der Waals surface area contributed by atoms with Crippen LogP contribution in [0.25, 0.3) is 11.6 Å². The number of pyridine rings is 1. The fourth-order valence-corrected chi connectivity index (χ4v) is 1.45. The average molecular weight is 244 g/mol. The Kier molecular flexibility index (Phi) is 2.45. The Morgan fingerprint density at radius 3 is 2.67 bits per heavy atom. The molecule has 0 aliphatic rings. The second-order valence-corrected chi connectivity index (χ2v) is 3.55. The summed E-state index contributed by atoms with van der Waals surface area (Å²) in [5, 5.41) is 10.9. The highest BCUT2D eigenvalue weighted by atomic mass is 16.6. The van der Waals surface area contributed by atoms with Gasteiger partial charge in [0.2, 0.25) is 11.5 Å². The van der Waals surface area contributed by atoms with Crippen LogP contribution in [0, 0.1) is 0 Å². The first kappa shape index (κ1) is 10.4. The maximum absolute atomic E-state index is 5.53. The van der Waals surface area contributed by atoms with Crippen molar-refractivity contribution in [1.29, 1.82) is 0 Å². The fourth-order valence-electron chi connectivity index (χ4n) is 1.45. The van der Waals surface area contributed by atoms with Gasteiger partial charge in [-0.15, -0.1) is 0 Å². The molecule has 0 saturated carbocycles. The third kappa shape index (κ3) is 1.90. The van der Waals surface area contributed by atoms with E-state index in [1.54, 1.807) is 12.4 Å². The molecular formula is C10H8N6O2. The summed E-state index contributed by atoms with van der Waals surface area (Å²) in [5.74, 6) is 0.838. The van der Waals surface area contributed by atoms with Crippen LogP contribution < -0.4 is 5.73 Å². The lowest BCUT2D eigenvalue weighted by atomic mass is 10.2. The zero-order chi connectivity index (χ0) is 12.4. The highest BCUT2D eigenvalue weighted by molar-refractivity contribution is 5.60. The monoisotopic (exact) mass is 244 g/mol. The minimum absolute atomic E-state index is 0.120. The third-order valence-corrected chi connectivity index (χ3v) is 2.30. The molecule has 0 aliphatic heterocycles. The molecule has 3 aromatic heterocycles. The van der Waals surface area contributed by atoms with E-state index in [0.717, 1.165) is 5.56 Å². The van der Waals surface area contributed by atoms with E-state index in [9.17, 15) is 0 Å². The number of anilines is 1. The zero-order valence-electron chi connectivity index (χ0n) is 9.15. The highest BCUT2D eigenvalue weighted by Gasteiger charge is 2.16. The van der Waals surface area contributed by atoms with Crippen molar-refractivity contribution < 1.29 is 9.15 Å². The van der Waals surface area contributed by atoms with Crippen LogP contribution in [0.4, 0.5) is 5.82 Å². The van der Waals surface area contributed by atoms with Crippen molar-refractivity contribution in [2.75, 3.05) is 5.73 Å². The van der Waals surface area contributed by atoms with Crippen molar-refractivity contribution in [2.24, 2.45) is 0 Å². The van der Waals surface area contributed by atoms with Gasteiger partial charge in [-0.2, -0.15) is 4.98 Å². The molecule has 0 radical (unpaired) electrons. The van der Waals surface area contributed by atoms with E-state index in [1.165, 1.54) is 0 Å². The summed E-state index contributed by atoms with van der Waals surface area (Å²) in [6.07, 6.45) is 3.95. The molecule has 8 nitrogen and oxygen atoms in total. The Hall–Kier alpha value is -2.77. The van der Waals surface area contributed by atoms with Crippen LogP contribution in [0.15, 0.2) is 33.7 Å². The number of hydrogen-bond donors (Lipinski definition) is 1. The molecule has 3 rings (SSSR count). The highest BCUT2D eigenvalue weighted by Crippen LogP contribution is 2.20. The smallest absolute Gasteiger partial charge is 0.284 e. The zero-order valence-corrected chi connectivity index (χ0v) is 9.15. The molecule has 0 amide bonds. The maximum Gasteiger partial charge on any atom is 0.284 e. The Morgan fingerprint density at radius 2 is 1.94 bits per heavy atom. The first-order valence-electron chi connectivity index (χ1n) is 5.13. The molecule has 0 spiro atoms. The van der Waals surface area contributed by atoms with Crippen molar-refractivity contribution >= 4 is 5.82 Å². The summed E-state index contributed by atoms with van der Waals surface area (Å²) < 4.78 is 9.51. The molecular weight excluding hydrogens is 236 g/mol. The van der Waals surface area contributed by atoms with E-state index < -0.39 is 0 Å². The van der Waals surface area contributed by atoms with Crippen molar-refractivity contribution in [2.45, 2.75) is 6.42 Å². The summed E-state index contributed by atoms with van der Waals surface area (Å²) in [4.78, 5) is 8.10. The van der Waals surface area contributed by atoms with Crippen LogP contribution in [0.1, 0.15) is 11.4 Å². The largest absolute Gasteiger partial charge is 0.379 e. The number of nitrogens with zero attached hydrogens (tertiary/aromatic N) is 5. The van der Waals surface area contributed by atoms with E-state index in [2.05, 4.69) is 30.1 Å². The van der Waals surface area contributed by atoms with Gasteiger partial charge in [0.05, 0.1) is 0 Å². The van der Waals surface area contributed by atoms with Crippen LogP contribution in [-0.4, -0.2) is 25.4 Å². The van der Waals surface area contributed by atoms with Gasteiger partial charge in [-0.1, -0.05) is 5.16 Å². The summed E-state index contributed by atoms with van der Waals surface area (Å²) in [5.41, 5.74) is 6.82. The van der Waals surface area contributed by atoms with Crippen LogP contribution in [-0.2, 0) is 6.42 Å². The van der Waals surface area contributed by atoms with Gasteiger partial charge in [-0.25, -0.2) is 4.63 Å². The quantitative estimate of drug-likeness (QED) is 0.714. The number of aromatic nitrogens is 5. The van der Waals surface area contributed by atoms with E-state index in [0.29, 0.717) is 12.2 Å². The average Bonchev–Trinajstić information content (AvgIpc) is 2.99. The van der Waals surface area contributed by atoms with Gasteiger partial charge in [0.15, 0.2) is 5.82 Å². The molecule has 0 unspecified atom stereocenters. The van der Waals surface area contributed by atoms with Gasteiger partial charge in [-0.3, -0.25) is 4.98 Å². The number of nitrogen functional groups attached to an aromatic ring is 1. The van der Waals surface area contributed by atoms with Crippen LogP contribution in [0.2, 0.25) is 0 Å². The minimum atomic E-state index is 0.120. The van der Waals surface area contributed by atoms with Crippen molar-refractivity contribution in [3.8, 4) is 11.6 Å².